The van der Waals surface area contributed by atoms with Crippen molar-refractivity contribution in [3.8, 4) is 5.75 Å². The predicted octanol–water partition coefficient (Wildman–Crippen LogP) is 1.12. The minimum Gasteiger partial charge on any atom is -0.494 e. The molecular formula is C13H20N2O3S. The van der Waals surface area contributed by atoms with Crippen molar-refractivity contribution in [3.63, 3.8) is 0 Å². The summed E-state index contributed by atoms with van der Waals surface area (Å²) < 4.78 is 32.6. The number of nitrogens with one attached hydrogen (secondary N) is 2. The first-order valence-electron chi connectivity index (χ1n) is 6.58. The predicted molar refractivity (Wildman–Crippen MR) is 73.8 cm³/mol. The number of ether oxygens (including phenoxy) is 1. The molecule has 0 radical (unpaired) electrons. The van der Waals surface area contributed by atoms with Crippen LogP contribution in [0.15, 0.2) is 29.2 Å². The van der Waals surface area contributed by atoms with Gasteiger partial charge in [0.25, 0.3) is 0 Å². The fourth-order valence-corrected chi connectivity index (χ4v) is 3.44. The Kier molecular flexibility index (Phi) is 4.79. The number of hydrogen-bond donors (Lipinski definition) is 2. The van der Waals surface area contributed by atoms with Crippen molar-refractivity contribution in [1.82, 2.24) is 10.0 Å². The number of sulfonamides is 1. The van der Waals surface area contributed by atoms with E-state index in [9.17, 15) is 8.42 Å². The highest BCUT2D eigenvalue weighted by molar-refractivity contribution is 7.89. The van der Waals surface area contributed by atoms with Gasteiger partial charge in [-0.2, -0.15) is 0 Å². The van der Waals surface area contributed by atoms with E-state index in [4.69, 9.17) is 4.74 Å². The maximum atomic E-state index is 12.3. The summed E-state index contributed by atoms with van der Waals surface area (Å²) in [5.74, 6) is 0.576. The van der Waals surface area contributed by atoms with Crippen molar-refractivity contribution in [3.05, 3.63) is 24.3 Å². The van der Waals surface area contributed by atoms with Gasteiger partial charge in [0, 0.05) is 18.7 Å². The summed E-state index contributed by atoms with van der Waals surface area (Å²) in [5.41, 5.74) is 0. The van der Waals surface area contributed by atoms with Gasteiger partial charge in [-0.25, -0.2) is 13.1 Å². The molecule has 1 aliphatic rings. The molecule has 1 aliphatic heterocycles. The first-order valence-corrected chi connectivity index (χ1v) is 8.06. The van der Waals surface area contributed by atoms with Crippen molar-refractivity contribution in [2.45, 2.75) is 30.7 Å². The van der Waals surface area contributed by atoms with Crippen molar-refractivity contribution in [2.24, 2.45) is 0 Å². The first-order chi connectivity index (χ1) is 9.12. The average Bonchev–Trinajstić information content (AvgIpc) is 2.40. The lowest BCUT2D eigenvalue weighted by Crippen LogP contribution is -2.45. The summed E-state index contributed by atoms with van der Waals surface area (Å²) in [5, 5.41) is 3.19. The minimum absolute atomic E-state index is 0.0329. The smallest absolute Gasteiger partial charge is 0.240 e. The summed E-state index contributed by atoms with van der Waals surface area (Å²) in [6.45, 7) is 4.03. The van der Waals surface area contributed by atoms with Crippen LogP contribution in [0.3, 0.4) is 0 Å². The van der Waals surface area contributed by atoms with E-state index in [-0.39, 0.29) is 10.9 Å². The van der Waals surface area contributed by atoms with Gasteiger partial charge >= 0.3 is 0 Å². The maximum Gasteiger partial charge on any atom is 0.240 e. The summed E-state index contributed by atoms with van der Waals surface area (Å²) >= 11 is 0. The molecule has 1 fully saturated rings. The van der Waals surface area contributed by atoms with Crippen LogP contribution in [0.5, 0.6) is 5.75 Å². The molecule has 1 heterocycles. The summed E-state index contributed by atoms with van der Waals surface area (Å²) in [6.07, 6.45) is 1.86. The molecule has 0 aliphatic carbocycles. The molecule has 19 heavy (non-hydrogen) atoms. The molecule has 1 atom stereocenters. The average molecular weight is 284 g/mol. The molecule has 1 aromatic rings. The second-order valence-electron chi connectivity index (χ2n) is 4.57. The zero-order valence-electron chi connectivity index (χ0n) is 11.1. The van der Waals surface area contributed by atoms with Crippen LogP contribution in [0.1, 0.15) is 19.8 Å². The third-order valence-electron chi connectivity index (χ3n) is 3.05. The van der Waals surface area contributed by atoms with E-state index in [0.29, 0.717) is 18.9 Å². The van der Waals surface area contributed by atoms with E-state index in [1.165, 1.54) is 0 Å². The number of piperidine rings is 1. The van der Waals surface area contributed by atoms with Gasteiger partial charge in [-0.05, 0) is 38.4 Å². The molecule has 2 rings (SSSR count). The third-order valence-corrected chi connectivity index (χ3v) is 4.56. The molecule has 0 spiro atoms. The molecule has 1 aromatic carbocycles. The Balaban J connectivity index is 2.11. The van der Waals surface area contributed by atoms with Gasteiger partial charge in [0.2, 0.25) is 10.0 Å². The van der Waals surface area contributed by atoms with Crippen LogP contribution < -0.4 is 14.8 Å². The second kappa shape index (κ2) is 6.36. The van der Waals surface area contributed by atoms with E-state index in [1.807, 2.05) is 6.92 Å². The van der Waals surface area contributed by atoms with Gasteiger partial charge in [0.05, 0.1) is 11.5 Å². The Hall–Kier alpha value is -1.11. The zero-order chi connectivity index (χ0) is 13.7. The Labute approximate surface area is 114 Å². The minimum atomic E-state index is -3.47. The lowest BCUT2D eigenvalue weighted by molar-refractivity contribution is 0.339. The lowest BCUT2D eigenvalue weighted by Gasteiger charge is -2.23. The maximum absolute atomic E-state index is 12.3. The molecule has 0 amide bonds. The van der Waals surface area contributed by atoms with Crippen LogP contribution in [0.2, 0.25) is 0 Å². The van der Waals surface area contributed by atoms with Gasteiger partial charge < -0.3 is 10.1 Å². The van der Waals surface area contributed by atoms with E-state index in [1.54, 1.807) is 24.3 Å². The van der Waals surface area contributed by atoms with Crippen LogP contribution in [0, 0.1) is 0 Å². The fourth-order valence-electron chi connectivity index (χ4n) is 2.14. The van der Waals surface area contributed by atoms with Crippen LogP contribution in [0.4, 0.5) is 0 Å². The zero-order valence-corrected chi connectivity index (χ0v) is 11.9. The summed E-state index contributed by atoms with van der Waals surface area (Å²) in [7, 11) is -3.47. The molecule has 0 saturated carbocycles. The molecule has 106 valence electrons. The Morgan fingerprint density at radius 3 is 3.00 bits per heavy atom. The van der Waals surface area contributed by atoms with Gasteiger partial charge in [-0.15, -0.1) is 0 Å². The highest BCUT2D eigenvalue weighted by Crippen LogP contribution is 2.18. The highest BCUT2D eigenvalue weighted by atomic mass is 32.2. The van der Waals surface area contributed by atoms with Crippen LogP contribution in [-0.4, -0.2) is 34.2 Å². The normalized spacial score (nSPS) is 20.2. The Bertz CT molecular complexity index is 510. The van der Waals surface area contributed by atoms with Crippen molar-refractivity contribution >= 4 is 10.0 Å². The molecule has 0 unspecified atom stereocenters. The molecule has 0 bridgehead atoms. The van der Waals surface area contributed by atoms with Gasteiger partial charge in [0.1, 0.15) is 5.75 Å². The van der Waals surface area contributed by atoms with Crippen molar-refractivity contribution in [1.29, 1.82) is 0 Å². The molecule has 1 saturated heterocycles. The lowest BCUT2D eigenvalue weighted by atomic mass is 10.1. The van der Waals surface area contributed by atoms with Crippen molar-refractivity contribution < 1.29 is 13.2 Å². The number of benzene rings is 1. The Morgan fingerprint density at radius 1 is 1.47 bits per heavy atom. The van der Waals surface area contributed by atoms with Crippen LogP contribution in [0.25, 0.3) is 0 Å². The summed E-state index contributed by atoms with van der Waals surface area (Å²) in [4.78, 5) is 0.254. The SMILES string of the molecule is CCOc1cccc(S(=O)(=O)N[C@@H]2CCCNC2)c1. The molecule has 5 nitrogen and oxygen atoms in total. The largest absolute Gasteiger partial charge is 0.494 e. The van der Waals surface area contributed by atoms with E-state index >= 15 is 0 Å². The quantitative estimate of drug-likeness (QED) is 0.850. The van der Waals surface area contributed by atoms with Gasteiger partial charge in [-0.1, -0.05) is 6.07 Å². The first kappa shape index (κ1) is 14.3. The Morgan fingerprint density at radius 2 is 2.32 bits per heavy atom. The topological polar surface area (TPSA) is 67.4 Å². The standard InChI is InChI=1S/C13H20N2O3S/c1-2-18-12-6-3-7-13(9-12)19(16,17)15-11-5-4-8-14-10-11/h3,6-7,9,11,14-15H,2,4-5,8,10H2,1H3/t11-/m1/s1. The molecule has 2 N–H and O–H groups in total. The third kappa shape index (κ3) is 3.92. The van der Waals surface area contributed by atoms with E-state index in [2.05, 4.69) is 10.0 Å². The van der Waals surface area contributed by atoms with E-state index < -0.39 is 10.0 Å². The summed E-state index contributed by atoms with van der Waals surface area (Å²) in [6, 6.07) is 6.56. The number of rotatable bonds is 5. The molecule has 6 heteroatoms. The van der Waals surface area contributed by atoms with E-state index in [0.717, 1.165) is 19.4 Å². The highest BCUT2D eigenvalue weighted by Gasteiger charge is 2.21. The number of hydrogen-bond acceptors (Lipinski definition) is 4. The molecular weight excluding hydrogens is 264 g/mol. The van der Waals surface area contributed by atoms with Crippen LogP contribution >= 0.6 is 0 Å². The van der Waals surface area contributed by atoms with Crippen molar-refractivity contribution in [2.75, 3.05) is 19.7 Å². The monoisotopic (exact) mass is 284 g/mol. The molecule has 0 aromatic heterocycles. The second-order valence-corrected chi connectivity index (χ2v) is 6.29. The van der Waals surface area contributed by atoms with Crippen LogP contribution in [-0.2, 0) is 10.0 Å². The van der Waals surface area contributed by atoms with Gasteiger partial charge in [-0.3, -0.25) is 0 Å². The van der Waals surface area contributed by atoms with Gasteiger partial charge in [0.15, 0.2) is 0 Å². The fraction of sp³-hybridized carbons (Fsp3) is 0.538.